The first-order chi connectivity index (χ1) is 12.3. The minimum Gasteiger partial charge on any atom is -0.493 e. The predicted molar refractivity (Wildman–Crippen MR) is 104 cm³/mol. The number of allylic oxidation sites excluding steroid dienone is 4. The van der Waals surface area contributed by atoms with Crippen LogP contribution < -0.4 is 16.2 Å². The van der Waals surface area contributed by atoms with E-state index in [0.717, 1.165) is 25.3 Å². The summed E-state index contributed by atoms with van der Waals surface area (Å²) in [6.45, 7) is 1.83. The topological polar surface area (TPSA) is 107 Å². The van der Waals surface area contributed by atoms with Gasteiger partial charge in [0.05, 0.1) is 15.6 Å². The van der Waals surface area contributed by atoms with E-state index < -0.39 is 10.0 Å². The predicted octanol–water partition coefficient (Wildman–Crippen LogP) is 2.65. The molecule has 9 heteroatoms. The maximum absolute atomic E-state index is 11.4. The maximum atomic E-state index is 11.4. The quantitative estimate of drug-likeness (QED) is 0.608. The Morgan fingerprint density at radius 3 is 2.65 bits per heavy atom. The zero-order valence-corrected chi connectivity index (χ0v) is 16.3. The Hall–Kier alpha value is -1.25. The Labute approximate surface area is 163 Å². The first kappa shape index (κ1) is 19.5. The van der Waals surface area contributed by atoms with Crippen molar-refractivity contribution in [2.45, 2.75) is 18.9 Å². The fourth-order valence-electron chi connectivity index (χ4n) is 3.50. The number of hydrogen-bond donors (Lipinski definition) is 3. The van der Waals surface area contributed by atoms with Crippen molar-refractivity contribution in [1.82, 2.24) is 5.32 Å². The number of anilines is 1. The lowest BCUT2D eigenvalue weighted by atomic mass is 9.81. The summed E-state index contributed by atoms with van der Waals surface area (Å²) < 4.78 is 28.6. The smallest absolute Gasteiger partial charge is 0.234 e. The van der Waals surface area contributed by atoms with Gasteiger partial charge in [-0.1, -0.05) is 23.2 Å². The van der Waals surface area contributed by atoms with E-state index >= 15 is 0 Å². The molecule has 3 unspecified atom stereocenters. The highest BCUT2D eigenvalue weighted by Crippen LogP contribution is 2.44. The van der Waals surface area contributed by atoms with Gasteiger partial charge in [-0.3, -0.25) is 0 Å². The fraction of sp³-hybridized carbons (Fsp3) is 0.412. The van der Waals surface area contributed by atoms with Crippen LogP contribution in [0.3, 0.4) is 0 Å². The number of nitrogens with one attached hydrogen (secondary N) is 1. The third-order valence-electron chi connectivity index (χ3n) is 4.83. The lowest BCUT2D eigenvalue weighted by molar-refractivity contribution is 0.108. The molecule has 2 aliphatic heterocycles. The molecule has 4 rings (SSSR count). The first-order valence-electron chi connectivity index (χ1n) is 8.27. The molecule has 1 aromatic rings. The molecule has 2 heterocycles. The second kappa shape index (κ2) is 7.78. The van der Waals surface area contributed by atoms with E-state index in [4.69, 9.17) is 38.8 Å². The minimum absolute atomic E-state index is 0.188. The number of rotatable bonds is 1. The fourth-order valence-corrected chi connectivity index (χ4v) is 4.58. The number of sulfonamides is 1. The van der Waals surface area contributed by atoms with E-state index in [-0.39, 0.29) is 12.0 Å². The molecule has 5 N–H and O–H groups in total. The van der Waals surface area contributed by atoms with Crippen LogP contribution in [0.4, 0.5) is 5.69 Å². The van der Waals surface area contributed by atoms with E-state index in [1.54, 1.807) is 30.4 Å². The average Bonchev–Trinajstić information content (AvgIpc) is 2.96. The highest BCUT2D eigenvalue weighted by Gasteiger charge is 2.44. The van der Waals surface area contributed by atoms with Gasteiger partial charge in [-0.15, -0.1) is 0 Å². The Bertz CT molecular complexity index is 855. The van der Waals surface area contributed by atoms with Gasteiger partial charge in [-0.05, 0) is 49.7 Å². The molecular formula is C17H21Cl2N3O3S. The van der Waals surface area contributed by atoms with Gasteiger partial charge >= 0.3 is 0 Å². The van der Waals surface area contributed by atoms with Crippen LogP contribution in [0.25, 0.3) is 0 Å². The lowest BCUT2D eigenvalue weighted by Gasteiger charge is -2.27. The molecule has 0 radical (unpaired) electrons. The van der Waals surface area contributed by atoms with Gasteiger partial charge in [0.25, 0.3) is 0 Å². The number of ether oxygens (including phenoxy) is 1. The third-order valence-corrected chi connectivity index (χ3v) is 6.43. The Kier molecular flexibility index (Phi) is 5.84. The van der Waals surface area contributed by atoms with Crippen molar-refractivity contribution in [1.29, 1.82) is 0 Å². The second-order valence-electron chi connectivity index (χ2n) is 6.54. The molecule has 1 aliphatic carbocycles. The molecule has 2 saturated heterocycles. The molecule has 142 valence electrons. The summed E-state index contributed by atoms with van der Waals surface area (Å²) in [7, 11) is -3.56. The zero-order chi connectivity index (χ0) is 18.9. The summed E-state index contributed by atoms with van der Waals surface area (Å²) in [4.78, 5) is 0.328. The molecular weight excluding hydrogens is 397 g/mol. The van der Waals surface area contributed by atoms with Crippen molar-refractivity contribution in [2.24, 2.45) is 17.0 Å². The largest absolute Gasteiger partial charge is 0.493 e. The van der Waals surface area contributed by atoms with Crippen LogP contribution in [0.2, 0.25) is 10.0 Å². The third kappa shape index (κ3) is 4.35. The summed E-state index contributed by atoms with van der Waals surface area (Å²) in [5.74, 6) is 1.55. The molecule has 0 amide bonds. The summed E-state index contributed by atoms with van der Waals surface area (Å²) in [5.41, 5.74) is 5.95. The molecule has 0 saturated carbocycles. The number of hydrogen-bond acceptors (Lipinski definition) is 5. The van der Waals surface area contributed by atoms with Gasteiger partial charge in [0.2, 0.25) is 10.0 Å². The van der Waals surface area contributed by atoms with Crippen LogP contribution in [0.15, 0.2) is 41.0 Å². The summed E-state index contributed by atoms with van der Waals surface area (Å²) >= 11 is 11.2. The molecule has 3 aliphatic rings. The zero-order valence-electron chi connectivity index (χ0n) is 14.0. The SMILES string of the molecule is NS(=O)(=O)C1=CC=C2OC3CNCCC3C2C1.Nc1ccc(Cl)cc1Cl. The molecule has 3 atom stereocenters. The van der Waals surface area contributed by atoms with E-state index in [2.05, 4.69) is 5.32 Å². The monoisotopic (exact) mass is 417 g/mol. The van der Waals surface area contributed by atoms with Crippen LogP contribution in [0.1, 0.15) is 12.8 Å². The highest BCUT2D eigenvalue weighted by atomic mass is 35.5. The number of halogens is 2. The number of primary sulfonamides is 1. The van der Waals surface area contributed by atoms with Crippen molar-refractivity contribution in [3.63, 3.8) is 0 Å². The Balaban J connectivity index is 0.000000185. The second-order valence-corrected chi connectivity index (χ2v) is 8.99. The van der Waals surface area contributed by atoms with Crippen molar-refractivity contribution >= 4 is 38.9 Å². The van der Waals surface area contributed by atoms with Crippen LogP contribution in [0, 0.1) is 11.8 Å². The van der Waals surface area contributed by atoms with Crippen molar-refractivity contribution in [3.8, 4) is 0 Å². The van der Waals surface area contributed by atoms with E-state index in [0.29, 0.717) is 33.0 Å². The van der Waals surface area contributed by atoms with Gasteiger partial charge in [0.1, 0.15) is 11.9 Å². The number of fused-ring (bicyclic) bond motifs is 3. The summed E-state index contributed by atoms with van der Waals surface area (Å²) in [6.07, 6.45) is 5.06. The minimum atomic E-state index is -3.56. The van der Waals surface area contributed by atoms with Gasteiger partial charge in [0.15, 0.2) is 0 Å². The molecule has 0 bridgehead atoms. The molecule has 1 aromatic carbocycles. The summed E-state index contributed by atoms with van der Waals surface area (Å²) in [5, 5.41) is 9.59. The van der Waals surface area contributed by atoms with Gasteiger partial charge in [0, 0.05) is 23.4 Å². The highest BCUT2D eigenvalue weighted by molar-refractivity contribution is 7.93. The van der Waals surface area contributed by atoms with E-state index in [1.165, 1.54) is 0 Å². The summed E-state index contributed by atoms with van der Waals surface area (Å²) in [6, 6.07) is 4.98. The van der Waals surface area contributed by atoms with Gasteiger partial charge in [-0.2, -0.15) is 0 Å². The van der Waals surface area contributed by atoms with Gasteiger partial charge in [-0.25, -0.2) is 13.6 Å². The van der Waals surface area contributed by atoms with Crippen LogP contribution in [-0.2, 0) is 14.8 Å². The van der Waals surface area contributed by atoms with Crippen LogP contribution >= 0.6 is 23.2 Å². The molecule has 0 spiro atoms. The van der Waals surface area contributed by atoms with Crippen LogP contribution in [-0.4, -0.2) is 27.6 Å². The number of nitrogen functional groups attached to an aromatic ring is 1. The van der Waals surface area contributed by atoms with Gasteiger partial charge < -0.3 is 15.8 Å². The van der Waals surface area contributed by atoms with E-state index in [9.17, 15) is 8.42 Å². The van der Waals surface area contributed by atoms with Crippen LogP contribution in [0.5, 0.6) is 0 Å². The number of nitrogens with two attached hydrogens (primary N) is 2. The molecule has 2 fully saturated rings. The standard InChI is InChI=1S/C11H16N2O3S.C6H5Cl2N/c12-17(14,15)7-1-2-10-9(5-7)8-3-4-13-6-11(8)16-10;7-4-1-2-6(9)5(8)3-4/h1-2,8-9,11,13H,3-6H2,(H2,12,14,15);1-3H,9H2. The molecule has 26 heavy (non-hydrogen) atoms. The lowest BCUT2D eigenvalue weighted by Crippen LogP contribution is -2.40. The molecule has 6 nitrogen and oxygen atoms in total. The van der Waals surface area contributed by atoms with Crippen molar-refractivity contribution in [3.05, 3.63) is 51.1 Å². The Morgan fingerprint density at radius 1 is 1.23 bits per heavy atom. The average molecular weight is 418 g/mol. The Morgan fingerprint density at radius 2 is 2.00 bits per heavy atom. The number of piperidine rings is 1. The normalized spacial score (nSPS) is 27.1. The van der Waals surface area contributed by atoms with Crippen molar-refractivity contribution in [2.75, 3.05) is 18.8 Å². The number of benzene rings is 1. The maximum Gasteiger partial charge on any atom is 0.234 e. The van der Waals surface area contributed by atoms with E-state index in [1.807, 2.05) is 0 Å². The molecule has 0 aromatic heterocycles. The first-order valence-corrected chi connectivity index (χ1v) is 10.6. The van der Waals surface area contributed by atoms with Crippen molar-refractivity contribution < 1.29 is 13.2 Å².